The number of nitrogens with two attached hydrogens (primary N) is 1. The molecule has 0 saturated heterocycles. The van der Waals surface area contributed by atoms with Crippen LogP contribution in [0.25, 0.3) is 0 Å². The zero-order valence-corrected chi connectivity index (χ0v) is 11.1. The van der Waals surface area contributed by atoms with Crippen molar-refractivity contribution in [2.75, 3.05) is 6.54 Å². The standard InChI is InChI=1S/C10H14ClFN2O2S/c1-10(2,6-13)14-17(15,16)9-4-3-7(12)5-8(9)11/h3-5,14H,6,13H2,1-2H3. The number of rotatable bonds is 4. The largest absolute Gasteiger partial charge is 0.329 e. The summed E-state index contributed by atoms with van der Waals surface area (Å²) in [6.07, 6.45) is 0. The third-order valence-electron chi connectivity index (χ3n) is 2.10. The van der Waals surface area contributed by atoms with Crippen LogP contribution in [-0.4, -0.2) is 20.5 Å². The Bertz CT molecular complexity index is 517. The SMILES string of the molecule is CC(C)(CN)NS(=O)(=O)c1ccc(F)cc1Cl. The van der Waals surface area contributed by atoms with E-state index in [0.29, 0.717) is 0 Å². The molecule has 0 atom stereocenters. The fraction of sp³-hybridized carbons (Fsp3) is 0.400. The molecule has 0 aliphatic rings. The normalized spacial score (nSPS) is 12.8. The molecule has 0 aliphatic carbocycles. The molecule has 1 aromatic rings. The molecule has 1 rings (SSSR count). The molecule has 0 aliphatic heterocycles. The van der Waals surface area contributed by atoms with Gasteiger partial charge < -0.3 is 5.73 Å². The Balaban J connectivity index is 3.14. The average molecular weight is 281 g/mol. The highest BCUT2D eigenvalue weighted by Crippen LogP contribution is 2.23. The molecule has 7 heteroatoms. The number of benzene rings is 1. The van der Waals surface area contributed by atoms with E-state index < -0.39 is 21.4 Å². The molecular weight excluding hydrogens is 267 g/mol. The lowest BCUT2D eigenvalue weighted by molar-refractivity contribution is 0.462. The van der Waals surface area contributed by atoms with Gasteiger partial charge in [-0.2, -0.15) is 0 Å². The highest BCUT2D eigenvalue weighted by Gasteiger charge is 2.26. The van der Waals surface area contributed by atoms with Crippen LogP contribution in [0.4, 0.5) is 4.39 Å². The second kappa shape index (κ2) is 4.89. The Hall–Kier alpha value is -0.690. The second-order valence-electron chi connectivity index (χ2n) is 4.27. The first-order chi connectivity index (χ1) is 7.68. The number of sulfonamides is 1. The number of nitrogens with one attached hydrogen (secondary N) is 1. The summed E-state index contributed by atoms with van der Waals surface area (Å²) in [6, 6.07) is 3.11. The molecule has 0 unspecified atom stereocenters. The molecule has 0 spiro atoms. The minimum absolute atomic E-state index is 0.130. The van der Waals surface area contributed by atoms with E-state index in [9.17, 15) is 12.8 Å². The van der Waals surface area contributed by atoms with Crippen molar-refractivity contribution in [2.24, 2.45) is 5.73 Å². The molecule has 17 heavy (non-hydrogen) atoms. The van der Waals surface area contributed by atoms with E-state index in [-0.39, 0.29) is 16.5 Å². The van der Waals surface area contributed by atoms with Crippen LogP contribution in [0.1, 0.15) is 13.8 Å². The molecule has 1 aromatic carbocycles. The van der Waals surface area contributed by atoms with Crippen molar-refractivity contribution in [3.05, 3.63) is 29.0 Å². The van der Waals surface area contributed by atoms with Crippen LogP contribution < -0.4 is 10.5 Å². The van der Waals surface area contributed by atoms with Crippen molar-refractivity contribution in [3.8, 4) is 0 Å². The van der Waals surface area contributed by atoms with E-state index in [1.54, 1.807) is 13.8 Å². The second-order valence-corrected chi connectivity index (χ2v) is 6.33. The van der Waals surface area contributed by atoms with Crippen LogP contribution in [0.2, 0.25) is 5.02 Å². The van der Waals surface area contributed by atoms with Crippen molar-refractivity contribution in [3.63, 3.8) is 0 Å². The fourth-order valence-corrected chi connectivity index (χ4v) is 3.11. The summed E-state index contributed by atoms with van der Waals surface area (Å²) in [6.45, 7) is 3.41. The smallest absolute Gasteiger partial charge is 0.242 e. The maximum Gasteiger partial charge on any atom is 0.242 e. The summed E-state index contributed by atoms with van der Waals surface area (Å²) in [5, 5.41) is -0.162. The summed E-state index contributed by atoms with van der Waals surface area (Å²) in [4.78, 5) is -0.165. The topological polar surface area (TPSA) is 72.2 Å². The Morgan fingerprint density at radius 3 is 2.53 bits per heavy atom. The maximum absolute atomic E-state index is 12.8. The molecular formula is C10H14ClFN2O2S. The van der Waals surface area contributed by atoms with Gasteiger partial charge >= 0.3 is 0 Å². The van der Waals surface area contributed by atoms with Gasteiger partial charge in [-0.05, 0) is 32.0 Å². The minimum atomic E-state index is -3.81. The van der Waals surface area contributed by atoms with E-state index in [1.165, 1.54) is 0 Å². The van der Waals surface area contributed by atoms with E-state index in [1.807, 2.05) is 0 Å². The summed E-state index contributed by atoms with van der Waals surface area (Å²) in [5.41, 5.74) is 4.64. The molecule has 0 saturated carbocycles. The first kappa shape index (κ1) is 14.4. The maximum atomic E-state index is 12.8. The third kappa shape index (κ3) is 3.64. The summed E-state index contributed by atoms with van der Waals surface area (Å²) in [7, 11) is -3.81. The van der Waals surface area contributed by atoms with E-state index >= 15 is 0 Å². The van der Waals surface area contributed by atoms with E-state index in [4.69, 9.17) is 17.3 Å². The lowest BCUT2D eigenvalue weighted by Crippen LogP contribution is -2.48. The van der Waals surface area contributed by atoms with Crippen LogP contribution in [0.3, 0.4) is 0 Å². The Morgan fingerprint density at radius 2 is 2.06 bits per heavy atom. The van der Waals surface area contributed by atoms with Gasteiger partial charge in [0.25, 0.3) is 0 Å². The molecule has 96 valence electrons. The zero-order chi connectivity index (χ0) is 13.3. The van der Waals surface area contributed by atoms with Gasteiger partial charge in [0.15, 0.2) is 0 Å². The predicted octanol–water partition coefficient (Wildman–Crippen LogP) is 1.49. The van der Waals surface area contributed by atoms with Crippen molar-refractivity contribution >= 4 is 21.6 Å². The highest BCUT2D eigenvalue weighted by atomic mass is 35.5. The summed E-state index contributed by atoms with van der Waals surface area (Å²) < 4.78 is 39.1. The fourth-order valence-electron chi connectivity index (χ4n) is 1.15. The monoisotopic (exact) mass is 280 g/mol. The van der Waals surface area contributed by atoms with Gasteiger partial charge in [-0.15, -0.1) is 0 Å². The first-order valence-corrected chi connectivity index (χ1v) is 6.73. The lowest BCUT2D eigenvalue weighted by Gasteiger charge is -2.24. The number of hydrogen-bond acceptors (Lipinski definition) is 3. The van der Waals surface area contributed by atoms with Crippen LogP contribution in [-0.2, 0) is 10.0 Å². The average Bonchev–Trinajstić information content (AvgIpc) is 2.15. The van der Waals surface area contributed by atoms with Gasteiger partial charge in [-0.1, -0.05) is 11.6 Å². The quantitative estimate of drug-likeness (QED) is 0.878. The molecule has 3 N–H and O–H groups in total. The molecule has 0 amide bonds. The molecule has 4 nitrogen and oxygen atoms in total. The van der Waals surface area contributed by atoms with Gasteiger partial charge in [-0.3, -0.25) is 0 Å². The lowest BCUT2D eigenvalue weighted by atomic mass is 10.1. The first-order valence-electron chi connectivity index (χ1n) is 4.87. The molecule has 0 radical (unpaired) electrons. The van der Waals surface area contributed by atoms with Gasteiger partial charge in [-0.25, -0.2) is 17.5 Å². The van der Waals surface area contributed by atoms with Crippen molar-refractivity contribution in [2.45, 2.75) is 24.3 Å². The van der Waals surface area contributed by atoms with Crippen molar-refractivity contribution in [1.82, 2.24) is 4.72 Å². The Morgan fingerprint density at radius 1 is 1.47 bits per heavy atom. The summed E-state index contributed by atoms with van der Waals surface area (Å²) >= 11 is 5.70. The molecule has 0 heterocycles. The van der Waals surface area contributed by atoms with Crippen LogP contribution >= 0.6 is 11.6 Å². The Labute approximate surface area is 105 Å². The van der Waals surface area contributed by atoms with Gasteiger partial charge in [0.2, 0.25) is 10.0 Å². The van der Waals surface area contributed by atoms with E-state index in [2.05, 4.69) is 4.72 Å². The van der Waals surface area contributed by atoms with Crippen LogP contribution in [0, 0.1) is 5.82 Å². The van der Waals surface area contributed by atoms with Crippen molar-refractivity contribution in [1.29, 1.82) is 0 Å². The Kier molecular flexibility index (Phi) is 4.14. The molecule has 0 fully saturated rings. The predicted molar refractivity (Wildman–Crippen MR) is 64.9 cm³/mol. The number of hydrogen-bond donors (Lipinski definition) is 2. The number of halogens is 2. The highest BCUT2D eigenvalue weighted by molar-refractivity contribution is 7.89. The molecule has 0 bridgehead atoms. The van der Waals surface area contributed by atoms with E-state index in [0.717, 1.165) is 18.2 Å². The summed E-state index contributed by atoms with van der Waals surface area (Å²) in [5.74, 6) is -0.591. The van der Waals surface area contributed by atoms with Crippen LogP contribution in [0.15, 0.2) is 23.1 Å². The van der Waals surface area contributed by atoms with Gasteiger partial charge in [0.05, 0.1) is 5.02 Å². The minimum Gasteiger partial charge on any atom is -0.329 e. The van der Waals surface area contributed by atoms with Gasteiger partial charge in [0.1, 0.15) is 10.7 Å². The third-order valence-corrected chi connectivity index (χ3v) is 4.29. The zero-order valence-electron chi connectivity index (χ0n) is 9.50. The van der Waals surface area contributed by atoms with Crippen LogP contribution in [0.5, 0.6) is 0 Å². The van der Waals surface area contributed by atoms with Crippen molar-refractivity contribution < 1.29 is 12.8 Å². The van der Waals surface area contributed by atoms with Gasteiger partial charge in [0, 0.05) is 12.1 Å². The molecule has 0 aromatic heterocycles.